The highest BCUT2D eigenvalue weighted by Gasteiger charge is 2.34. The van der Waals surface area contributed by atoms with Crippen LogP contribution in [0.5, 0.6) is 0 Å². The fourth-order valence-corrected chi connectivity index (χ4v) is 4.68. The number of halogens is 3. The van der Waals surface area contributed by atoms with Crippen molar-refractivity contribution >= 4 is 17.5 Å². The average Bonchev–Trinajstić information content (AvgIpc) is 3.32. The van der Waals surface area contributed by atoms with E-state index in [-0.39, 0.29) is 29.2 Å². The molecule has 0 atom stereocenters. The summed E-state index contributed by atoms with van der Waals surface area (Å²) < 4.78 is 48.7. The van der Waals surface area contributed by atoms with E-state index in [1.807, 2.05) is 11.8 Å². The Hall–Kier alpha value is -4.18. The first-order valence-electron chi connectivity index (χ1n) is 13.4. The van der Waals surface area contributed by atoms with Crippen LogP contribution in [0.2, 0.25) is 0 Å². The van der Waals surface area contributed by atoms with Gasteiger partial charge in [0, 0.05) is 70.2 Å². The monoisotopic (exact) mass is 582 g/mol. The fraction of sp³-hybridized carbons (Fsp3) is 0.367. The van der Waals surface area contributed by atoms with E-state index < -0.39 is 23.6 Å². The van der Waals surface area contributed by atoms with E-state index in [9.17, 15) is 22.8 Å². The molecule has 0 bridgehead atoms. The number of carbonyl (C=O) groups excluding carboxylic acids is 2. The van der Waals surface area contributed by atoms with Crippen molar-refractivity contribution in [1.29, 1.82) is 0 Å². The predicted octanol–water partition coefficient (Wildman–Crippen LogP) is 3.26. The first kappa shape index (κ1) is 30.8. The number of aryl methyl sites for hydroxylation is 1. The zero-order chi connectivity index (χ0) is 30.4. The van der Waals surface area contributed by atoms with Crippen LogP contribution in [0.3, 0.4) is 0 Å². The number of nitrogens with zero attached hydrogens (tertiary/aromatic N) is 4. The van der Waals surface area contributed by atoms with Gasteiger partial charge in [0.05, 0.1) is 18.4 Å². The standard InChI is InChI=1S/C30H33F3N6O3/c1-20-4-5-22(16-21(20)7-9-25-18-35-28(27(34)40)37(25)2)29(41)36-24-8-6-23(26(17-24)30(31,32)33)19-39-12-10-38(11-13-39)14-15-42-3/h4-6,8,16-18H,10-15,19H2,1-3H3,(H2,34,40)(H,36,41). The van der Waals surface area contributed by atoms with Crippen LogP contribution in [-0.2, 0) is 24.5 Å². The Balaban J connectivity index is 1.48. The lowest BCUT2D eigenvalue weighted by Gasteiger charge is -2.35. The van der Waals surface area contributed by atoms with Crippen molar-refractivity contribution < 1.29 is 27.5 Å². The van der Waals surface area contributed by atoms with Gasteiger partial charge in [0.25, 0.3) is 11.8 Å². The number of nitrogens with two attached hydrogens (primary N) is 1. The number of anilines is 1. The summed E-state index contributed by atoms with van der Waals surface area (Å²) in [4.78, 5) is 32.6. The van der Waals surface area contributed by atoms with Gasteiger partial charge < -0.3 is 20.4 Å². The van der Waals surface area contributed by atoms with Crippen LogP contribution in [0.4, 0.5) is 18.9 Å². The quantitative estimate of drug-likeness (QED) is 0.395. The van der Waals surface area contributed by atoms with Crippen LogP contribution >= 0.6 is 0 Å². The van der Waals surface area contributed by atoms with Crippen molar-refractivity contribution in [2.75, 3.05) is 51.8 Å². The van der Waals surface area contributed by atoms with Crippen molar-refractivity contribution in [1.82, 2.24) is 19.4 Å². The lowest BCUT2D eigenvalue weighted by molar-refractivity contribution is -0.138. The van der Waals surface area contributed by atoms with Crippen LogP contribution < -0.4 is 11.1 Å². The highest BCUT2D eigenvalue weighted by atomic mass is 19.4. The summed E-state index contributed by atoms with van der Waals surface area (Å²) in [5.41, 5.74) is 6.74. The minimum Gasteiger partial charge on any atom is -0.383 e. The molecular weight excluding hydrogens is 549 g/mol. The van der Waals surface area contributed by atoms with Gasteiger partial charge in [0.1, 0.15) is 5.69 Å². The van der Waals surface area contributed by atoms with Gasteiger partial charge in [-0.15, -0.1) is 0 Å². The number of primary amides is 1. The van der Waals surface area contributed by atoms with E-state index in [0.717, 1.165) is 31.3 Å². The molecule has 0 saturated carbocycles. The molecule has 0 spiro atoms. The summed E-state index contributed by atoms with van der Waals surface area (Å²) in [5.74, 6) is 4.69. The van der Waals surface area contributed by atoms with Gasteiger partial charge in [-0.25, -0.2) is 4.98 Å². The molecule has 42 heavy (non-hydrogen) atoms. The smallest absolute Gasteiger partial charge is 0.383 e. The predicted molar refractivity (Wildman–Crippen MR) is 152 cm³/mol. The van der Waals surface area contributed by atoms with Crippen LogP contribution in [0, 0.1) is 18.8 Å². The molecule has 2 heterocycles. The summed E-state index contributed by atoms with van der Waals surface area (Å²) in [7, 11) is 3.25. The molecule has 4 rings (SSSR count). The van der Waals surface area contributed by atoms with Crippen molar-refractivity contribution in [3.05, 3.63) is 81.9 Å². The van der Waals surface area contributed by atoms with Gasteiger partial charge in [-0.1, -0.05) is 18.1 Å². The Morgan fingerprint density at radius 3 is 2.43 bits per heavy atom. The summed E-state index contributed by atoms with van der Waals surface area (Å²) in [6, 6.07) is 8.75. The van der Waals surface area contributed by atoms with Crippen LogP contribution in [0.1, 0.15) is 48.9 Å². The number of hydrogen-bond acceptors (Lipinski definition) is 6. The minimum absolute atomic E-state index is 0.0440. The number of aromatic nitrogens is 2. The number of alkyl halides is 3. The molecule has 9 nitrogen and oxygen atoms in total. The third kappa shape index (κ3) is 7.55. The number of imidazole rings is 1. The summed E-state index contributed by atoms with van der Waals surface area (Å²) in [6.45, 7) is 6.24. The van der Waals surface area contributed by atoms with Crippen LogP contribution in [0.15, 0.2) is 42.6 Å². The van der Waals surface area contributed by atoms with Gasteiger partial charge in [-0.2, -0.15) is 13.2 Å². The first-order chi connectivity index (χ1) is 20.0. The summed E-state index contributed by atoms with van der Waals surface area (Å²) >= 11 is 0. The molecular formula is C30H33F3N6O3. The number of nitrogens with one attached hydrogen (secondary N) is 1. The molecule has 0 aliphatic carbocycles. The van der Waals surface area contributed by atoms with E-state index in [2.05, 4.69) is 27.0 Å². The van der Waals surface area contributed by atoms with Gasteiger partial charge in [0.2, 0.25) is 0 Å². The molecule has 12 heteroatoms. The van der Waals surface area contributed by atoms with Gasteiger partial charge >= 0.3 is 6.18 Å². The molecule has 1 saturated heterocycles. The lowest BCUT2D eigenvalue weighted by Crippen LogP contribution is -2.46. The van der Waals surface area contributed by atoms with Gasteiger partial charge in [-0.05, 0) is 48.2 Å². The molecule has 1 aliphatic heterocycles. The van der Waals surface area contributed by atoms with E-state index in [4.69, 9.17) is 10.5 Å². The molecule has 0 radical (unpaired) electrons. The normalized spacial score (nSPS) is 14.3. The Morgan fingerprint density at radius 2 is 1.79 bits per heavy atom. The second-order valence-corrected chi connectivity index (χ2v) is 10.1. The minimum atomic E-state index is -4.58. The van der Waals surface area contributed by atoms with E-state index in [1.54, 1.807) is 32.4 Å². The summed E-state index contributed by atoms with van der Waals surface area (Å²) in [6.07, 6.45) is -3.16. The Labute approximate surface area is 242 Å². The molecule has 1 aromatic heterocycles. The SMILES string of the molecule is COCCN1CCN(Cc2ccc(NC(=O)c3ccc(C)c(C#Cc4cnc(C(N)=O)n4C)c3)cc2C(F)(F)F)CC1. The highest BCUT2D eigenvalue weighted by Crippen LogP contribution is 2.34. The molecule has 1 fully saturated rings. The Kier molecular flexibility index (Phi) is 9.67. The van der Waals surface area contributed by atoms with E-state index >= 15 is 0 Å². The summed E-state index contributed by atoms with van der Waals surface area (Å²) in [5, 5.41) is 2.59. The molecule has 2 amide bonds. The number of methoxy groups -OCH3 is 1. The zero-order valence-corrected chi connectivity index (χ0v) is 23.7. The number of benzene rings is 2. The molecule has 222 valence electrons. The zero-order valence-electron chi connectivity index (χ0n) is 23.7. The van der Waals surface area contributed by atoms with E-state index in [1.165, 1.54) is 22.9 Å². The van der Waals surface area contributed by atoms with Crippen molar-refractivity contribution in [2.45, 2.75) is 19.6 Å². The maximum absolute atomic E-state index is 14.0. The maximum atomic E-state index is 14.0. The van der Waals surface area contributed by atoms with Gasteiger partial charge in [0.15, 0.2) is 5.82 Å². The number of ether oxygens (including phenoxy) is 1. The molecule has 0 unspecified atom stereocenters. The Bertz CT molecular complexity index is 1510. The highest BCUT2D eigenvalue weighted by molar-refractivity contribution is 6.04. The van der Waals surface area contributed by atoms with E-state index in [0.29, 0.717) is 31.0 Å². The maximum Gasteiger partial charge on any atom is 0.416 e. The molecule has 1 aliphatic rings. The second-order valence-electron chi connectivity index (χ2n) is 10.1. The number of rotatable bonds is 8. The van der Waals surface area contributed by atoms with Crippen LogP contribution in [-0.4, -0.2) is 77.6 Å². The third-order valence-electron chi connectivity index (χ3n) is 7.18. The molecule has 3 aromatic rings. The topological polar surface area (TPSA) is 106 Å². The van der Waals surface area contributed by atoms with Crippen LogP contribution in [0.25, 0.3) is 0 Å². The number of carbonyl (C=O) groups is 2. The fourth-order valence-electron chi connectivity index (χ4n) is 4.68. The van der Waals surface area contributed by atoms with Gasteiger partial charge in [-0.3, -0.25) is 19.4 Å². The first-order valence-corrected chi connectivity index (χ1v) is 13.4. The third-order valence-corrected chi connectivity index (χ3v) is 7.18. The number of piperazine rings is 1. The van der Waals surface area contributed by atoms with Crippen molar-refractivity contribution in [3.8, 4) is 11.8 Å². The molecule has 3 N–H and O–H groups in total. The number of hydrogen-bond donors (Lipinski definition) is 2. The average molecular weight is 583 g/mol. The Morgan fingerprint density at radius 1 is 1.07 bits per heavy atom. The molecule has 2 aromatic carbocycles. The van der Waals surface area contributed by atoms with Crippen molar-refractivity contribution in [2.24, 2.45) is 12.8 Å². The number of amides is 2. The second kappa shape index (κ2) is 13.2. The largest absolute Gasteiger partial charge is 0.416 e. The lowest BCUT2D eigenvalue weighted by atomic mass is 10.0. The van der Waals surface area contributed by atoms with Crippen molar-refractivity contribution in [3.63, 3.8) is 0 Å².